The zero-order valence-electron chi connectivity index (χ0n) is 23.4. The van der Waals surface area contributed by atoms with Gasteiger partial charge in [0.25, 0.3) is 11.5 Å². The van der Waals surface area contributed by atoms with Gasteiger partial charge in [-0.2, -0.15) is 9.78 Å². The van der Waals surface area contributed by atoms with Gasteiger partial charge in [0.1, 0.15) is 4.47 Å². The van der Waals surface area contributed by atoms with Crippen LogP contribution in [0.2, 0.25) is 0 Å². The van der Waals surface area contributed by atoms with Gasteiger partial charge in [-0.3, -0.25) is 9.59 Å². The average Bonchev–Trinajstić information content (AvgIpc) is 3.12. The molecule has 0 saturated heterocycles. The summed E-state index contributed by atoms with van der Waals surface area (Å²) >= 11 is 3.51. The zero-order chi connectivity index (χ0) is 27.7. The van der Waals surface area contributed by atoms with Crippen molar-refractivity contribution >= 4 is 27.5 Å². The van der Waals surface area contributed by atoms with Crippen molar-refractivity contribution in [2.45, 2.75) is 91.2 Å². The van der Waals surface area contributed by atoms with E-state index in [2.05, 4.69) is 66.3 Å². The Hall–Kier alpha value is -2.19. The molecule has 208 valence electrons. The maximum atomic E-state index is 13.3. The van der Waals surface area contributed by atoms with Crippen LogP contribution in [0.1, 0.15) is 89.9 Å². The minimum atomic E-state index is -0.850. The summed E-state index contributed by atoms with van der Waals surface area (Å²) in [5.74, 6) is 1.26. The zero-order valence-corrected chi connectivity index (χ0v) is 25.0. The molecule has 1 aromatic carbocycles. The fraction of sp³-hybridized carbons (Fsp3) is 0.633. The quantitative estimate of drug-likeness (QED) is 0.364. The predicted molar refractivity (Wildman–Crippen MR) is 156 cm³/mol. The second kappa shape index (κ2) is 11.5. The van der Waals surface area contributed by atoms with Crippen LogP contribution in [0.25, 0.3) is 5.69 Å². The lowest BCUT2D eigenvalue weighted by Gasteiger charge is -2.50. The number of nitrogens with one attached hydrogen (secondary N) is 2. The molecule has 2 saturated carbocycles. The molecule has 0 spiro atoms. The van der Waals surface area contributed by atoms with E-state index in [1.54, 1.807) is 30.5 Å². The normalized spacial score (nSPS) is 26.8. The summed E-state index contributed by atoms with van der Waals surface area (Å²) in [6.45, 7) is 11.8. The summed E-state index contributed by atoms with van der Waals surface area (Å²) in [5.41, 5.74) is 0.753. The Morgan fingerprint density at radius 3 is 2.53 bits per heavy atom. The number of hydrogen-bond acceptors (Lipinski definition) is 5. The number of carbonyl (C=O) groups excluding carboxylic acids is 1. The molecule has 7 nitrogen and oxygen atoms in total. The minimum Gasteiger partial charge on any atom is -0.388 e. The predicted octanol–water partition coefficient (Wildman–Crippen LogP) is 5.93. The molecule has 1 aromatic heterocycles. The molecule has 4 rings (SSSR count). The van der Waals surface area contributed by atoms with Gasteiger partial charge in [0.05, 0.1) is 23.2 Å². The third-order valence-corrected chi connectivity index (χ3v) is 10.5. The first kappa shape index (κ1) is 28.8. The SMILES string of the molecule is C[C@@H]1[C@@H](C)C(C)(C)[C@@H](C)C[C@H]1Nc1cnn(-c2cccc(C(=O)NCC3(O)CCCCCC3)c2)c(=O)c1Br. The van der Waals surface area contributed by atoms with Gasteiger partial charge in [-0.05, 0) is 76.6 Å². The Bertz CT molecular complexity index is 1200. The number of hydrogen-bond donors (Lipinski definition) is 3. The van der Waals surface area contributed by atoms with Crippen LogP contribution in [0.5, 0.6) is 0 Å². The van der Waals surface area contributed by atoms with E-state index < -0.39 is 5.60 Å². The van der Waals surface area contributed by atoms with Crippen molar-refractivity contribution in [1.82, 2.24) is 15.1 Å². The lowest BCUT2D eigenvalue weighted by molar-refractivity contribution is 0.0246. The van der Waals surface area contributed by atoms with E-state index in [0.29, 0.717) is 52.0 Å². The molecule has 8 heteroatoms. The molecule has 2 aliphatic rings. The van der Waals surface area contributed by atoms with E-state index in [1.165, 1.54) is 4.68 Å². The maximum Gasteiger partial charge on any atom is 0.287 e. The van der Waals surface area contributed by atoms with Gasteiger partial charge in [0.2, 0.25) is 0 Å². The number of anilines is 1. The Morgan fingerprint density at radius 1 is 1.16 bits per heavy atom. The summed E-state index contributed by atoms with van der Waals surface area (Å²) in [5, 5.41) is 21.8. The van der Waals surface area contributed by atoms with Crippen LogP contribution in [0.15, 0.2) is 39.7 Å². The molecule has 2 aromatic rings. The van der Waals surface area contributed by atoms with E-state index in [4.69, 9.17) is 0 Å². The van der Waals surface area contributed by atoms with Crippen LogP contribution in [0.3, 0.4) is 0 Å². The molecule has 0 radical (unpaired) electrons. The Morgan fingerprint density at radius 2 is 1.84 bits per heavy atom. The van der Waals surface area contributed by atoms with Crippen LogP contribution in [0.4, 0.5) is 5.69 Å². The van der Waals surface area contributed by atoms with Crippen LogP contribution < -0.4 is 16.2 Å². The van der Waals surface area contributed by atoms with E-state index in [0.717, 1.165) is 32.1 Å². The fourth-order valence-corrected chi connectivity index (χ4v) is 6.56. The standard InChI is InChI=1S/C30H43BrN4O3/c1-19-15-24(20(2)21(3)29(19,4)5)34-25-17-33-35(28(37)26(25)31)23-12-10-11-22(16-23)27(36)32-18-30(38)13-8-6-7-9-14-30/h10-12,16-17,19-21,24,34,38H,6-9,13-15,18H2,1-5H3,(H,32,36)/t19-,20+,21+,24+/m0/s1. The third-order valence-electron chi connectivity index (χ3n) is 9.70. The molecule has 0 unspecified atom stereocenters. The average molecular weight is 588 g/mol. The highest BCUT2D eigenvalue weighted by Gasteiger charge is 2.43. The first-order chi connectivity index (χ1) is 17.9. The molecule has 38 heavy (non-hydrogen) atoms. The topological polar surface area (TPSA) is 96.2 Å². The van der Waals surface area contributed by atoms with Crippen LogP contribution in [-0.4, -0.2) is 39.0 Å². The van der Waals surface area contributed by atoms with Gasteiger partial charge in [-0.1, -0.05) is 66.4 Å². The molecule has 1 amide bonds. The maximum absolute atomic E-state index is 13.3. The van der Waals surface area contributed by atoms with Crippen molar-refractivity contribution in [3.63, 3.8) is 0 Å². The Labute approximate surface area is 234 Å². The first-order valence-electron chi connectivity index (χ1n) is 14.1. The molecule has 2 aliphatic carbocycles. The monoisotopic (exact) mass is 586 g/mol. The van der Waals surface area contributed by atoms with Crippen LogP contribution >= 0.6 is 15.9 Å². The van der Waals surface area contributed by atoms with E-state index in [-0.39, 0.29) is 29.5 Å². The summed E-state index contributed by atoms with van der Waals surface area (Å²) < 4.78 is 1.74. The van der Waals surface area contributed by atoms with Crippen molar-refractivity contribution in [2.24, 2.45) is 23.2 Å². The Balaban J connectivity index is 1.49. The number of benzene rings is 1. The minimum absolute atomic E-state index is 0.230. The van der Waals surface area contributed by atoms with Crippen molar-refractivity contribution < 1.29 is 9.90 Å². The molecular weight excluding hydrogens is 544 g/mol. The molecule has 1 heterocycles. The first-order valence-corrected chi connectivity index (χ1v) is 14.9. The molecule has 0 bridgehead atoms. The molecule has 3 N–H and O–H groups in total. The smallest absolute Gasteiger partial charge is 0.287 e. The number of carbonyl (C=O) groups is 1. The lowest BCUT2D eigenvalue weighted by atomic mass is 9.58. The summed E-state index contributed by atoms with van der Waals surface area (Å²) in [6.07, 6.45) is 8.33. The van der Waals surface area contributed by atoms with E-state index in [9.17, 15) is 14.7 Å². The second-order valence-electron chi connectivity index (χ2n) is 12.3. The molecular formula is C30H43BrN4O3. The fourth-order valence-electron chi connectivity index (χ4n) is 6.17. The highest BCUT2D eigenvalue weighted by molar-refractivity contribution is 9.10. The second-order valence-corrected chi connectivity index (χ2v) is 13.1. The van der Waals surface area contributed by atoms with E-state index >= 15 is 0 Å². The van der Waals surface area contributed by atoms with Gasteiger partial charge in [0, 0.05) is 18.2 Å². The highest BCUT2D eigenvalue weighted by Crippen LogP contribution is 2.48. The van der Waals surface area contributed by atoms with Gasteiger partial charge in [-0.25, -0.2) is 0 Å². The van der Waals surface area contributed by atoms with Crippen LogP contribution in [-0.2, 0) is 0 Å². The number of halogens is 1. The van der Waals surface area contributed by atoms with Crippen molar-refractivity contribution in [3.8, 4) is 5.69 Å². The van der Waals surface area contributed by atoms with Gasteiger partial charge < -0.3 is 15.7 Å². The number of amides is 1. The highest BCUT2D eigenvalue weighted by atomic mass is 79.9. The van der Waals surface area contributed by atoms with Crippen molar-refractivity contribution in [2.75, 3.05) is 11.9 Å². The molecule has 2 fully saturated rings. The van der Waals surface area contributed by atoms with E-state index in [1.807, 2.05) is 0 Å². The molecule has 4 atom stereocenters. The number of aromatic nitrogens is 2. The summed E-state index contributed by atoms with van der Waals surface area (Å²) in [6, 6.07) is 7.12. The summed E-state index contributed by atoms with van der Waals surface area (Å²) in [7, 11) is 0. The van der Waals surface area contributed by atoms with Crippen LogP contribution in [0, 0.1) is 23.2 Å². The van der Waals surface area contributed by atoms with Gasteiger partial charge in [0.15, 0.2) is 0 Å². The summed E-state index contributed by atoms with van der Waals surface area (Å²) in [4.78, 5) is 26.2. The largest absolute Gasteiger partial charge is 0.388 e. The Kier molecular flexibility index (Phi) is 8.72. The number of rotatable bonds is 6. The lowest BCUT2D eigenvalue weighted by Crippen LogP contribution is -2.48. The molecule has 0 aliphatic heterocycles. The van der Waals surface area contributed by atoms with Gasteiger partial charge in [-0.15, -0.1) is 0 Å². The van der Waals surface area contributed by atoms with Crippen molar-refractivity contribution in [3.05, 3.63) is 50.9 Å². The number of aliphatic hydroxyl groups is 1. The number of nitrogens with zero attached hydrogens (tertiary/aromatic N) is 2. The van der Waals surface area contributed by atoms with Crippen molar-refractivity contribution in [1.29, 1.82) is 0 Å². The van der Waals surface area contributed by atoms with Gasteiger partial charge >= 0.3 is 0 Å². The third kappa shape index (κ3) is 6.01.